The van der Waals surface area contributed by atoms with E-state index in [4.69, 9.17) is 0 Å². The van der Waals surface area contributed by atoms with Crippen molar-refractivity contribution in [1.82, 2.24) is 4.90 Å². The average Bonchev–Trinajstić information content (AvgIpc) is 2.29. The number of likely N-dealkylation sites (tertiary alicyclic amines) is 1. The number of nitrogens with zero attached hydrogens (tertiary/aromatic N) is 1. The highest BCUT2D eigenvalue weighted by molar-refractivity contribution is 4.96. The van der Waals surface area contributed by atoms with Gasteiger partial charge in [-0.2, -0.15) is 0 Å². The summed E-state index contributed by atoms with van der Waals surface area (Å²) < 4.78 is 0. The van der Waals surface area contributed by atoms with Gasteiger partial charge in [0.15, 0.2) is 0 Å². The molecular weight excluding hydrogens is 206 g/mol. The zero-order valence-corrected chi connectivity index (χ0v) is 12.3. The molecule has 2 rings (SSSR count). The Labute approximate surface area is 108 Å². The van der Waals surface area contributed by atoms with Crippen LogP contribution in [-0.4, -0.2) is 24.0 Å². The molecule has 1 heterocycles. The molecule has 2 aliphatic rings. The molecule has 0 bridgehead atoms. The third kappa shape index (κ3) is 2.70. The maximum atomic E-state index is 2.74. The second-order valence-electron chi connectivity index (χ2n) is 7.13. The minimum Gasteiger partial charge on any atom is -0.300 e. The Morgan fingerprint density at radius 3 is 2.18 bits per heavy atom. The van der Waals surface area contributed by atoms with Crippen molar-refractivity contribution >= 4 is 0 Å². The molecule has 1 nitrogen and oxygen atoms in total. The van der Waals surface area contributed by atoms with Crippen molar-refractivity contribution in [3.05, 3.63) is 0 Å². The molecule has 0 aromatic rings. The second kappa shape index (κ2) is 5.30. The molecule has 1 saturated heterocycles. The lowest BCUT2D eigenvalue weighted by Gasteiger charge is -2.53. The monoisotopic (exact) mass is 237 g/mol. The lowest BCUT2D eigenvalue weighted by Crippen LogP contribution is -2.53. The smallest absolute Gasteiger partial charge is 0.00434 e. The summed E-state index contributed by atoms with van der Waals surface area (Å²) >= 11 is 0. The lowest BCUT2D eigenvalue weighted by molar-refractivity contribution is -0.0355. The molecule has 0 N–H and O–H groups in total. The second-order valence-corrected chi connectivity index (χ2v) is 7.13. The van der Waals surface area contributed by atoms with Gasteiger partial charge in [-0.3, -0.25) is 0 Å². The first kappa shape index (κ1) is 13.4. The van der Waals surface area contributed by atoms with E-state index < -0.39 is 0 Å². The largest absolute Gasteiger partial charge is 0.300 e. The van der Waals surface area contributed by atoms with Crippen LogP contribution >= 0.6 is 0 Å². The molecule has 1 heteroatoms. The van der Waals surface area contributed by atoms with Gasteiger partial charge in [0.1, 0.15) is 0 Å². The summed E-state index contributed by atoms with van der Waals surface area (Å²) in [5, 5.41) is 0. The molecule has 1 aliphatic carbocycles. The Bertz CT molecular complexity index is 238. The van der Waals surface area contributed by atoms with Crippen molar-refractivity contribution in [3.8, 4) is 0 Å². The molecule has 100 valence electrons. The van der Waals surface area contributed by atoms with Crippen LogP contribution in [0.25, 0.3) is 0 Å². The van der Waals surface area contributed by atoms with E-state index in [0.29, 0.717) is 5.41 Å². The Kier molecular flexibility index (Phi) is 4.18. The third-order valence-corrected chi connectivity index (χ3v) is 5.42. The topological polar surface area (TPSA) is 3.24 Å². The number of piperidine rings is 1. The minimum atomic E-state index is 0.676. The van der Waals surface area contributed by atoms with Gasteiger partial charge in [0.25, 0.3) is 0 Å². The van der Waals surface area contributed by atoms with Gasteiger partial charge in [-0.1, -0.05) is 33.1 Å². The van der Waals surface area contributed by atoms with Crippen molar-refractivity contribution in [2.75, 3.05) is 13.1 Å². The highest BCUT2D eigenvalue weighted by Crippen LogP contribution is 2.50. The summed E-state index contributed by atoms with van der Waals surface area (Å²) in [6, 6.07) is 0.738. The summed E-state index contributed by atoms with van der Waals surface area (Å²) in [6.07, 6.45) is 8.88. The van der Waals surface area contributed by atoms with Crippen LogP contribution in [0.3, 0.4) is 0 Å². The molecule has 1 saturated carbocycles. The van der Waals surface area contributed by atoms with Gasteiger partial charge < -0.3 is 4.90 Å². The highest BCUT2D eigenvalue weighted by atomic mass is 15.2. The van der Waals surface area contributed by atoms with Crippen molar-refractivity contribution in [3.63, 3.8) is 0 Å². The minimum absolute atomic E-state index is 0.676. The van der Waals surface area contributed by atoms with E-state index in [-0.39, 0.29) is 0 Å². The maximum absolute atomic E-state index is 2.74. The molecule has 1 spiro atoms. The molecule has 0 radical (unpaired) electrons. The zero-order valence-electron chi connectivity index (χ0n) is 12.3. The van der Waals surface area contributed by atoms with E-state index in [1.165, 1.54) is 51.6 Å². The maximum Gasteiger partial charge on any atom is 0.00434 e. The predicted octanol–water partition coefficient (Wildman–Crippen LogP) is 4.32. The van der Waals surface area contributed by atoms with Crippen molar-refractivity contribution in [2.24, 2.45) is 17.3 Å². The molecule has 0 amide bonds. The molecule has 0 aromatic heterocycles. The van der Waals surface area contributed by atoms with Crippen molar-refractivity contribution in [2.45, 2.75) is 72.3 Å². The fraction of sp³-hybridized carbons (Fsp3) is 1.00. The molecule has 0 unspecified atom stereocenters. The summed E-state index contributed by atoms with van der Waals surface area (Å²) in [5.41, 5.74) is 0.676. The average molecular weight is 237 g/mol. The summed E-state index contributed by atoms with van der Waals surface area (Å²) in [7, 11) is 0. The first-order valence-electron chi connectivity index (χ1n) is 7.79. The van der Waals surface area contributed by atoms with Gasteiger partial charge >= 0.3 is 0 Å². The van der Waals surface area contributed by atoms with Crippen LogP contribution in [0.5, 0.6) is 0 Å². The molecule has 2 fully saturated rings. The first-order valence-corrected chi connectivity index (χ1v) is 7.79. The summed E-state index contributed by atoms with van der Waals surface area (Å²) in [4.78, 5) is 2.74. The standard InChI is InChI=1S/C16H31N/c1-13(2)15-8-11-17(14(3)4)12-16(15)9-6-5-7-10-16/h13-15H,5-12H2,1-4H3/t15-/m0/s1. The lowest BCUT2D eigenvalue weighted by atomic mass is 9.59. The quantitative estimate of drug-likeness (QED) is 0.691. The van der Waals surface area contributed by atoms with Gasteiger partial charge in [0, 0.05) is 12.6 Å². The van der Waals surface area contributed by atoms with Gasteiger partial charge in [-0.05, 0) is 56.9 Å². The van der Waals surface area contributed by atoms with Crippen LogP contribution in [0.4, 0.5) is 0 Å². The van der Waals surface area contributed by atoms with E-state index in [0.717, 1.165) is 17.9 Å². The van der Waals surface area contributed by atoms with Gasteiger partial charge in [0.2, 0.25) is 0 Å². The number of rotatable bonds is 2. The predicted molar refractivity (Wildman–Crippen MR) is 75.2 cm³/mol. The van der Waals surface area contributed by atoms with Crippen LogP contribution in [0.1, 0.15) is 66.2 Å². The van der Waals surface area contributed by atoms with Crippen molar-refractivity contribution < 1.29 is 0 Å². The van der Waals surface area contributed by atoms with Gasteiger partial charge in [-0.25, -0.2) is 0 Å². The van der Waals surface area contributed by atoms with Crippen LogP contribution in [-0.2, 0) is 0 Å². The van der Waals surface area contributed by atoms with E-state index in [1.807, 2.05) is 0 Å². The Morgan fingerprint density at radius 1 is 1.00 bits per heavy atom. The highest BCUT2D eigenvalue weighted by Gasteiger charge is 2.45. The van der Waals surface area contributed by atoms with Crippen LogP contribution in [0.2, 0.25) is 0 Å². The first-order chi connectivity index (χ1) is 8.05. The molecular formula is C16H31N. The molecule has 0 aromatic carbocycles. The van der Waals surface area contributed by atoms with Crippen molar-refractivity contribution in [1.29, 1.82) is 0 Å². The summed E-state index contributed by atoms with van der Waals surface area (Å²) in [6.45, 7) is 12.4. The van der Waals surface area contributed by atoms with Crippen LogP contribution in [0, 0.1) is 17.3 Å². The zero-order chi connectivity index (χ0) is 12.5. The molecule has 17 heavy (non-hydrogen) atoms. The van der Waals surface area contributed by atoms with Gasteiger partial charge in [-0.15, -0.1) is 0 Å². The Morgan fingerprint density at radius 2 is 1.65 bits per heavy atom. The fourth-order valence-corrected chi connectivity index (χ4v) is 4.48. The number of hydrogen-bond donors (Lipinski definition) is 0. The van der Waals surface area contributed by atoms with Gasteiger partial charge in [0.05, 0.1) is 0 Å². The fourth-order valence-electron chi connectivity index (χ4n) is 4.48. The normalized spacial score (nSPS) is 30.4. The van der Waals surface area contributed by atoms with E-state index >= 15 is 0 Å². The summed E-state index contributed by atoms with van der Waals surface area (Å²) in [5.74, 6) is 1.86. The van der Waals surface area contributed by atoms with Crippen LogP contribution in [0.15, 0.2) is 0 Å². The van der Waals surface area contributed by atoms with E-state index in [2.05, 4.69) is 32.6 Å². The van der Waals surface area contributed by atoms with E-state index in [1.54, 1.807) is 0 Å². The SMILES string of the molecule is CC(C)[C@@H]1CCN(C(C)C)CC12CCCCC2. The Balaban J connectivity index is 2.14. The molecule has 1 atom stereocenters. The molecule has 1 aliphatic heterocycles. The Hall–Kier alpha value is -0.0400. The third-order valence-electron chi connectivity index (χ3n) is 5.42. The van der Waals surface area contributed by atoms with Crippen LogP contribution < -0.4 is 0 Å². The number of hydrogen-bond acceptors (Lipinski definition) is 1. The van der Waals surface area contributed by atoms with E-state index in [9.17, 15) is 0 Å².